The lowest BCUT2D eigenvalue weighted by Gasteiger charge is -2.34. The topological polar surface area (TPSA) is 32.7 Å². The van der Waals surface area contributed by atoms with E-state index in [0.29, 0.717) is 0 Å². The standard InChI is InChI=1S/C18H20N2O/c1-13-6-3-4-8-17(13)20-11-5-7-15-9-10-16(12-19-21)14(2)18(15)20/h3-4,6,8-10H,5,7,11-12H2,1-2H3. The molecule has 21 heavy (non-hydrogen) atoms. The molecule has 0 saturated heterocycles. The summed E-state index contributed by atoms with van der Waals surface area (Å²) < 4.78 is 0. The van der Waals surface area contributed by atoms with Crippen molar-refractivity contribution in [2.24, 2.45) is 5.18 Å². The van der Waals surface area contributed by atoms with Crippen molar-refractivity contribution in [3.63, 3.8) is 0 Å². The van der Waals surface area contributed by atoms with Gasteiger partial charge in [0.05, 0.1) is 0 Å². The van der Waals surface area contributed by atoms with Crippen molar-refractivity contribution in [1.82, 2.24) is 0 Å². The molecule has 2 aromatic rings. The van der Waals surface area contributed by atoms with E-state index in [0.717, 1.165) is 24.9 Å². The number of para-hydroxylation sites is 1. The zero-order valence-electron chi connectivity index (χ0n) is 12.6. The summed E-state index contributed by atoms with van der Waals surface area (Å²) in [6, 6.07) is 12.7. The van der Waals surface area contributed by atoms with E-state index < -0.39 is 0 Å². The van der Waals surface area contributed by atoms with Crippen LogP contribution in [0.25, 0.3) is 0 Å². The molecule has 108 valence electrons. The lowest BCUT2D eigenvalue weighted by atomic mass is 9.94. The summed E-state index contributed by atoms with van der Waals surface area (Å²) in [6.45, 7) is 5.53. The van der Waals surface area contributed by atoms with Gasteiger partial charge in [0.1, 0.15) is 6.54 Å². The second-order valence-electron chi connectivity index (χ2n) is 5.69. The third-order valence-corrected chi connectivity index (χ3v) is 4.37. The van der Waals surface area contributed by atoms with Gasteiger partial charge in [0.15, 0.2) is 0 Å². The van der Waals surface area contributed by atoms with E-state index in [-0.39, 0.29) is 6.54 Å². The Morgan fingerprint density at radius 1 is 1.14 bits per heavy atom. The van der Waals surface area contributed by atoms with Crippen LogP contribution in [0.2, 0.25) is 0 Å². The van der Waals surface area contributed by atoms with Crippen LogP contribution in [0.1, 0.15) is 28.7 Å². The maximum absolute atomic E-state index is 10.6. The molecule has 0 radical (unpaired) electrons. The number of benzene rings is 2. The molecule has 2 aromatic carbocycles. The molecule has 1 aliphatic rings. The monoisotopic (exact) mass is 280 g/mol. The molecule has 0 fully saturated rings. The number of nitrogens with zero attached hydrogens (tertiary/aromatic N) is 2. The first kappa shape index (κ1) is 13.8. The fourth-order valence-corrected chi connectivity index (χ4v) is 3.26. The Balaban J connectivity index is 2.14. The van der Waals surface area contributed by atoms with Gasteiger partial charge in [0.2, 0.25) is 0 Å². The first-order chi connectivity index (χ1) is 10.2. The summed E-state index contributed by atoms with van der Waals surface area (Å²) in [7, 11) is 0. The van der Waals surface area contributed by atoms with E-state index >= 15 is 0 Å². The first-order valence-corrected chi connectivity index (χ1v) is 7.46. The Kier molecular flexibility index (Phi) is 3.74. The molecule has 0 aliphatic carbocycles. The van der Waals surface area contributed by atoms with Crippen LogP contribution >= 0.6 is 0 Å². The van der Waals surface area contributed by atoms with Gasteiger partial charge in [-0.1, -0.05) is 35.5 Å². The molecule has 0 N–H and O–H groups in total. The largest absolute Gasteiger partial charge is 0.341 e. The third-order valence-electron chi connectivity index (χ3n) is 4.37. The van der Waals surface area contributed by atoms with Crippen LogP contribution < -0.4 is 4.90 Å². The third kappa shape index (κ3) is 2.44. The van der Waals surface area contributed by atoms with Crippen molar-refractivity contribution in [2.45, 2.75) is 33.2 Å². The van der Waals surface area contributed by atoms with Gasteiger partial charge in [-0.3, -0.25) is 0 Å². The van der Waals surface area contributed by atoms with E-state index in [9.17, 15) is 4.91 Å². The fraction of sp³-hybridized carbons (Fsp3) is 0.333. The number of hydrogen-bond acceptors (Lipinski definition) is 3. The Morgan fingerprint density at radius 2 is 1.95 bits per heavy atom. The van der Waals surface area contributed by atoms with Crippen molar-refractivity contribution in [2.75, 3.05) is 11.4 Å². The first-order valence-electron chi connectivity index (χ1n) is 7.46. The minimum absolute atomic E-state index is 0.251. The van der Waals surface area contributed by atoms with Crippen molar-refractivity contribution in [3.8, 4) is 0 Å². The van der Waals surface area contributed by atoms with Crippen LogP contribution in [0.4, 0.5) is 11.4 Å². The maximum Gasteiger partial charge on any atom is 0.106 e. The van der Waals surface area contributed by atoms with Gasteiger partial charge in [0, 0.05) is 17.9 Å². The maximum atomic E-state index is 10.6. The molecular formula is C18H20N2O. The molecule has 0 unspecified atom stereocenters. The van der Waals surface area contributed by atoms with Gasteiger partial charge in [-0.2, -0.15) is 4.91 Å². The molecule has 0 spiro atoms. The highest BCUT2D eigenvalue weighted by molar-refractivity contribution is 5.74. The van der Waals surface area contributed by atoms with E-state index in [1.807, 2.05) is 0 Å². The summed E-state index contributed by atoms with van der Waals surface area (Å²) in [5.74, 6) is 0. The summed E-state index contributed by atoms with van der Waals surface area (Å²) in [4.78, 5) is 13.0. The predicted molar refractivity (Wildman–Crippen MR) is 87.2 cm³/mol. The zero-order chi connectivity index (χ0) is 14.8. The van der Waals surface area contributed by atoms with Crippen LogP contribution in [0.5, 0.6) is 0 Å². The van der Waals surface area contributed by atoms with E-state index in [1.54, 1.807) is 0 Å². The highest BCUT2D eigenvalue weighted by atomic mass is 16.3. The van der Waals surface area contributed by atoms with Crippen molar-refractivity contribution < 1.29 is 0 Å². The molecule has 1 heterocycles. The van der Waals surface area contributed by atoms with Gasteiger partial charge in [-0.05, 0) is 55.0 Å². The molecule has 3 heteroatoms. The number of rotatable bonds is 3. The van der Waals surface area contributed by atoms with Crippen molar-refractivity contribution in [3.05, 3.63) is 63.6 Å². The number of aryl methyl sites for hydroxylation is 2. The van der Waals surface area contributed by atoms with Crippen LogP contribution in [-0.2, 0) is 13.0 Å². The van der Waals surface area contributed by atoms with Gasteiger partial charge in [0.25, 0.3) is 0 Å². The number of hydrogen-bond donors (Lipinski definition) is 0. The molecule has 0 amide bonds. The Labute approximate surface area is 125 Å². The van der Waals surface area contributed by atoms with Gasteiger partial charge < -0.3 is 4.90 Å². The lowest BCUT2D eigenvalue weighted by molar-refractivity contribution is 0.760. The van der Waals surface area contributed by atoms with Crippen molar-refractivity contribution in [1.29, 1.82) is 0 Å². The molecule has 3 nitrogen and oxygen atoms in total. The summed E-state index contributed by atoms with van der Waals surface area (Å²) >= 11 is 0. The lowest BCUT2D eigenvalue weighted by Crippen LogP contribution is -2.26. The SMILES string of the molecule is Cc1ccccc1N1CCCc2ccc(CN=O)c(C)c21. The minimum Gasteiger partial charge on any atom is -0.341 e. The second kappa shape index (κ2) is 5.68. The van der Waals surface area contributed by atoms with Crippen LogP contribution in [-0.4, -0.2) is 6.54 Å². The molecular weight excluding hydrogens is 260 g/mol. The van der Waals surface area contributed by atoms with E-state index in [2.05, 4.69) is 60.3 Å². The highest BCUT2D eigenvalue weighted by Crippen LogP contribution is 2.38. The Bertz CT molecular complexity index is 679. The van der Waals surface area contributed by atoms with Crippen molar-refractivity contribution >= 4 is 11.4 Å². The molecule has 0 saturated carbocycles. The molecule has 1 aliphatic heterocycles. The van der Waals surface area contributed by atoms with Gasteiger partial charge >= 0.3 is 0 Å². The number of nitroso groups, excluding NO2 is 1. The smallest absolute Gasteiger partial charge is 0.106 e. The molecule has 0 atom stereocenters. The zero-order valence-corrected chi connectivity index (χ0v) is 12.6. The normalized spacial score (nSPS) is 13.9. The molecule has 3 rings (SSSR count). The molecule has 0 bridgehead atoms. The Morgan fingerprint density at radius 3 is 2.71 bits per heavy atom. The van der Waals surface area contributed by atoms with Crippen LogP contribution in [0.3, 0.4) is 0 Å². The van der Waals surface area contributed by atoms with Gasteiger partial charge in [-0.25, -0.2) is 0 Å². The van der Waals surface area contributed by atoms with Crippen LogP contribution in [0, 0.1) is 18.8 Å². The number of fused-ring (bicyclic) bond motifs is 1. The summed E-state index contributed by atoms with van der Waals surface area (Å²) in [6.07, 6.45) is 2.26. The number of anilines is 2. The quantitative estimate of drug-likeness (QED) is 0.766. The second-order valence-corrected chi connectivity index (χ2v) is 5.69. The predicted octanol–water partition coefficient (Wildman–Crippen LogP) is 4.65. The average molecular weight is 280 g/mol. The van der Waals surface area contributed by atoms with E-state index in [1.165, 1.54) is 28.1 Å². The minimum atomic E-state index is 0.251. The molecule has 0 aromatic heterocycles. The van der Waals surface area contributed by atoms with Gasteiger partial charge in [-0.15, -0.1) is 0 Å². The van der Waals surface area contributed by atoms with Crippen LogP contribution in [0.15, 0.2) is 41.6 Å². The summed E-state index contributed by atoms with van der Waals surface area (Å²) in [5.41, 5.74) is 7.41. The highest BCUT2D eigenvalue weighted by Gasteiger charge is 2.22. The fourth-order valence-electron chi connectivity index (χ4n) is 3.26. The summed E-state index contributed by atoms with van der Waals surface area (Å²) in [5, 5.41) is 3.06. The average Bonchev–Trinajstić information content (AvgIpc) is 2.50. The Hall–Kier alpha value is -2.16. The van der Waals surface area contributed by atoms with E-state index in [4.69, 9.17) is 0 Å².